The standard InChI is InChI=1S/C14H14N2O3/c1-9-6-13(16-19-9)15-14(17)11-7-10-4-2-3-5-12(10)18-8-11/h2-6,11H,7-8H2,1H3,(H,15,16,17). The summed E-state index contributed by atoms with van der Waals surface area (Å²) in [5.74, 6) is 1.68. The topological polar surface area (TPSA) is 64.4 Å². The Hall–Kier alpha value is -2.30. The summed E-state index contributed by atoms with van der Waals surface area (Å²) in [6, 6.07) is 9.47. The van der Waals surface area contributed by atoms with Crippen LogP contribution in [0.15, 0.2) is 34.9 Å². The van der Waals surface area contributed by atoms with E-state index in [1.165, 1.54) is 0 Å². The highest BCUT2D eigenvalue weighted by atomic mass is 16.5. The molecule has 1 atom stereocenters. The highest BCUT2D eigenvalue weighted by Crippen LogP contribution is 2.27. The van der Waals surface area contributed by atoms with Crippen molar-refractivity contribution in [2.75, 3.05) is 11.9 Å². The molecule has 0 bridgehead atoms. The minimum Gasteiger partial charge on any atom is -0.492 e. The molecule has 0 spiro atoms. The van der Waals surface area contributed by atoms with Gasteiger partial charge in [0.15, 0.2) is 5.82 Å². The van der Waals surface area contributed by atoms with Gasteiger partial charge in [-0.1, -0.05) is 23.4 Å². The number of rotatable bonds is 2. The average molecular weight is 258 g/mol. The lowest BCUT2D eigenvalue weighted by molar-refractivity contribution is -0.121. The van der Waals surface area contributed by atoms with Crippen LogP contribution in [0.25, 0.3) is 0 Å². The number of aromatic nitrogens is 1. The van der Waals surface area contributed by atoms with Gasteiger partial charge >= 0.3 is 0 Å². The number of nitrogens with zero attached hydrogens (tertiary/aromatic N) is 1. The highest BCUT2D eigenvalue weighted by Gasteiger charge is 2.26. The Morgan fingerprint density at radius 3 is 3.05 bits per heavy atom. The molecule has 0 saturated heterocycles. The fourth-order valence-corrected chi connectivity index (χ4v) is 2.15. The van der Waals surface area contributed by atoms with Crippen LogP contribution < -0.4 is 10.1 Å². The monoisotopic (exact) mass is 258 g/mol. The van der Waals surface area contributed by atoms with E-state index in [4.69, 9.17) is 9.26 Å². The van der Waals surface area contributed by atoms with Gasteiger partial charge in [-0.05, 0) is 25.0 Å². The van der Waals surface area contributed by atoms with Crippen molar-refractivity contribution in [3.8, 4) is 5.75 Å². The summed E-state index contributed by atoms with van der Waals surface area (Å²) in [4.78, 5) is 12.1. The maximum Gasteiger partial charge on any atom is 0.232 e. The second-order valence-electron chi connectivity index (χ2n) is 4.63. The van der Waals surface area contributed by atoms with Crippen LogP contribution in [0.4, 0.5) is 5.82 Å². The molecule has 1 amide bonds. The van der Waals surface area contributed by atoms with Crippen LogP contribution in [0.1, 0.15) is 11.3 Å². The van der Waals surface area contributed by atoms with Crippen LogP contribution in [0.2, 0.25) is 0 Å². The molecule has 1 aromatic carbocycles. The van der Waals surface area contributed by atoms with E-state index in [2.05, 4.69) is 10.5 Å². The molecule has 1 N–H and O–H groups in total. The Morgan fingerprint density at radius 2 is 2.26 bits per heavy atom. The molecule has 1 aromatic heterocycles. The number of ether oxygens (including phenoxy) is 1. The average Bonchev–Trinajstić information content (AvgIpc) is 2.83. The number of amides is 1. The zero-order valence-corrected chi connectivity index (χ0v) is 10.6. The molecule has 19 heavy (non-hydrogen) atoms. The van der Waals surface area contributed by atoms with Crippen LogP contribution in [-0.2, 0) is 11.2 Å². The summed E-state index contributed by atoms with van der Waals surface area (Å²) >= 11 is 0. The van der Waals surface area contributed by atoms with Gasteiger partial charge in [0.25, 0.3) is 0 Å². The van der Waals surface area contributed by atoms with Crippen molar-refractivity contribution in [3.63, 3.8) is 0 Å². The quantitative estimate of drug-likeness (QED) is 0.896. The van der Waals surface area contributed by atoms with E-state index in [-0.39, 0.29) is 11.8 Å². The van der Waals surface area contributed by atoms with Gasteiger partial charge in [0.1, 0.15) is 18.1 Å². The molecular formula is C14H14N2O3. The van der Waals surface area contributed by atoms with E-state index in [9.17, 15) is 4.79 Å². The van der Waals surface area contributed by atoms with Crippen molar-refractivity contribution in [1.29, 1.82) is 0 Å². The van der Waals surface area contributed by atoms with E-state index in [0.29, 0.717) is 24.6 Å². The van der Waals surface area contributed by atoms with Gasteiger partial charge in [-0.3, -0.25) is 4.79 Å². The number of hydrogen-bond acceptors (Lipinski definition) is 4. The van der Waals surface area contributed by atoms with Crippen LogP contribution in [0.5, 0.6) is 5.75 Å². The predicted octanol–water partition coefficient (Wildman–Crippen LogP) is 2.17. The van der Waals surface area contributed by atoms with Crippen LogP contribution in [-0.4, -0.2) is 17.7 Å². The predicted molar refractivity (Wildman–Crippen MR) is 69.0 cm³/mol. The molecular weight excluding hydrogens is 244 g/mol. The molecule has 1 unspecified atom stereocenters. The number of hydrogen-bond donors (Lipinski definition) is 1. The van der Waals surface area contributed by atoms with Gasteiger partial charge in [-0.25, -0.2) is 0 Å². The first kappa shape index (κ1) is 11.8. The van der Waals surface area contributed by atoms with Crippen molar-refractivity contribution < 1.29 is 14.1 Å². The van der Waals surface area contributed by atoms with Gasteiger partial charge in [0.2, 0.25) is 5.91 Å². The molecule has 1 aliphatic heterocycles. The Bertz CT molecular complexity index is 606. The van der Waals surface area contributed by atoms with Gasteiger partial charge in [-0.2, -0.15) is 0 Å². The molecule has 0 aliphatic carbocycles. The molecule has 5 nitrogen and oxygen atoms in total. The first-order chi connectivity index (χ1) is 9.22. The lowest BCUT2D eigenvalue weighted by Gasteiger charge is -2.24. The zero-order chi connectivity index (χ0) is 13.2. The van der Waals surface area contributed by atoms with E-state index >= 15 is 0 Å². The molecule has 5 heteroatoms. The number of fused-ring (bicyclic) bond motifs is 1. The van der Waals surface area contributed by atoms with Crippen LogP contribution in [0.3, 0.4) is 0 Å². The lowest BCUT2D eigenvalue weighted by atomic mass is 9.96. The van der Waals surface area contributed by atoms with E-state index < -0.39 is 0 Å². The zero-order valence-electron chi connectivity index (χ0n) is 10.6. The molecule has 2 aromatic rings. The van der Waals surface area contributed by atoms with Crippen molar-refractivity contribution in [2.45, 2.75) is 13.3 Å². The van der Waals surface area contributed by atoms with Gasteiger partial charge in [-0.15, -0.1) is 0 Å². The van der Waals surface area contributed by atoms with Gasteiger partial charge in [0, 0.05) is 6.07 Å². The lowest BCUT2D eigenvalue weighted by Crippen LogP contribution is -2.32. The third kappa shape index (κ3) is 2.45. The smallest absolute Gasteiger partial charge is 0.232 e. The maximum absolute atomic E-state index is 12.1. The highest BCUT2D eigenvalue weighted by molar-refractivity contribution is 5.92. The van der Waals surface area contributed by atoms with Gasteiger partial charge in [0.05, 0.1) is 5.92 Å². The molecule has 1 aliphatic rings. The number of benzene rings is 1. The molecule has 0 saturated carbocycles. The summed E-state index contributed by atoms with van der Waals surface area (Å²) in [5.41, 5.74) is 1.06. The second-order valence-corrected chi connectivity index (χ2v) is 4.63. The number of aryl methyl sites for hydroxylation is 1. The van der Waals surface area contributed by atoms with Crippen LogP contribution >= 0.6 is 0 Å². The fraction of sp³-hybridized carbons (Fsp3) is 0.286. The third-order valence-corrected chi connectivity index (χ3v) is 3.13. The molecule has 98 valence electrons. The summed E-state index contributed by atoms with van der Waals surface area (Å²) in [6.45, 7) is 2.17. The van der Waals surface area contributed by atoms with E-state index in [1.54, 1.807) is 13.0 Å². The van der Waals surface area contributed by atoms with Gasteiger partial charge < -0.3 is 14.6 Å². The SMILES string of the molecule is Cc1cc(NC(=O)C2COc3ccccc3C2)no1. The largest absolute Gasteiger partial charge is 0.492 e. The van der Waals surface area contributed by atoms with Crippen molar-refractivity contribution in [1.82, 2.24) is 5.16 Å². The Morgan fingerprint density at radius 1 is 1.42 bits per heavy atom. The first-order valence-electron chi connectivity index (χ1n) is 6.17. The molecule has 0 fully saturated rings. The maximum atomic E-state index is 12.1. The number of carbonyl (C=O) groups excluding carboxylic acids is 1. The number of anilines is 1. The van der Waals surface area contributed by atoms with Crippen molar-refractivity contribution in [2.24, 2.45) is 5.92 Å². The number of para-hydroxylation sites is 1. The molecule has 3 rings (SSSR count). The molecule has 0 radical (unpaired) electrons. The minimum atomic E-state index is -0.202. The Labute approximate surface area is 110 Å². The Balaban J connectivity index is 1.69. The van der Waals surface area contributed by atoms with E-state index in [1.807, 2.05) is 24.3 Å². The summed E-state index contributed by atoms with van der Waals surface area (Å²) in [6.07, 6.45) is 0.679. The minimum absolute atomic E-state index is 0.0946. The summed E-state index contributed by atoms with van der Waals surface area (Å²) in [7, 11) is 0. The number of nitrogens with one attached hydrogen (secondary N) is 1. The van der Waals surface area contributed by atoms with Crippen molar-refractivity contribution >= 4 is 11.7 Å². The van der Waals surface area contributed by atoms with Crippen molar-refractivity contribution in [3.05, 3.63) is 41.7 Å². The normalized spacial score (nSPS) is 17.4. The second kappa shape index (κ2) is 4.76. The summed E-state index contributed by atoms with van der Waals surface area (Å²) < 4.78 is 10.5. The third-order valence-electron chi connectivity index (χ3n) is 3.13. The van der Waals surface area contributed by atoms with E-state index in [0.717, 1.165) is 11.3 Å². The first-order valence-corrected chi connectivity index (χ1v) is 6.17. The number of carbonyl (C=O) groups is 1. The Kier molecular flexibility index (Phi) is 2.95. The molecule has 2 heterocycles. The summed E-state index contributed by atoms with van der Waals surface area (Å²) in [5, 5.41) is 6.49. The van der Waals surface area contributed by atoms with Crippen LogP contribution in [0, 0.1) is 12.8 Å². The fourth-order valence-electron chi connectivity index (χ4n) is 2.15.